The van der Waals surface area contributed by atoms with Crippen LogP contribution in [0.1, 0.15) is 0 Å². The van der Waals surface area contributed by atoms with E-state index >= 15 is 0 Å². The smallest absolute Gasteiger partial charge is 0.0464 e. The van der Waals surface area contributed by atoms with Gasteiger partial charge in [0, 0.05) is 22.1 Å². The lowest BCUT2D eigenvalue weighted by Gasteiger charge is -2.16. The maximum absolute atomic E-state index is 3.75. The van der Waals surface area contributed by atoms with Crippen molar-refractivity contribution in [3.8, 4) is 22.3 Å². The van der Waals surface area contributed by atoms with E-state index in [0.717, 1.165) is 11.4 Å². The van der Waals surface area contributed by atoms with Crippen LogP contribution in [0.25, 0.3) is 43.8 Å². The van der Waals surface area contributed by atoms with Crippen molar-refractivity contribution in [1.82, 2.24) is 0 Å². The second-order valence-electron chi connectivity index (χ2n) is 8.27. The van der Waals surface area contributed by atoms with Gasteiger partial charge in [0.25, 0.3) is 0 Å². The first-order valence-corrected chi connectivity index (χ1v) is 11.3. The summed E-state index contributed by atoms with van der Waals surface area (Å²) in [5, 5.41) is 8.68. The lowest BCUT2D eigenvalue weighted by atomic mass is 9.96. The molecule has 0 aromatic heterocycles. The zero-order valence-electron chi connectivity index (χ0n) is 18.2. The number of rotatable bonds is 4. The highest BCUT2D eigenvalue weighted by molar-refractivity contribution is 6.08. The van der Waals surface area contributed by atoms with E-state index in [2.05, 4.69) is 139 Å². The molecule has 0 spiro atoms. The summed E-state index contributed by atoms with van der Waals surface area (Å²) in [6, 6.07) is 47.3. The zero-order valence-corrected chi connectivity index (χ0v) is 18.2. The number of nitrogens with one attached hydrogen (secondary N) is 1. The second-order valence-corrected chi connectivity index (χ2v) is 8.27. The van der Waals surface area contributed by atoms with Crippen LogP contribution < -0.4 is 5.32 Å². The Labute approximate surface area is 194 Å². The van der Waals surface area contributed by atoms with Crippen LogP contribution in [0, 0.1) is 0 Å². The molecule has 0 aliphatic heterocycles. The third-order valence-corrected chi connectivity index (χ3v) is 6.29. The molecule has 0 radical (unpaired) electrons. The molecule has 0 saturated heterocycles. The van der Waals surface area contributed by atoms with Crippen LogP contribution in [0.3, 0.4) is 0 Å². The summed E-state index contributed by atoms with van der Waals surface area (Å²) in [5.41, 5.74) is 7.20. The molecule has 0 atom stereocenters. The lowest BCUT2D eigenvalue weighted by molar-refractivity contribution is 1.59. The van der Waals surface area contributed by atoms with Gasteiger partial charge < -0.3 is 5.32 Å². The molecule has 1 nitrogen and oxygen atoms in total. The molecule has 0 aliphatic carbocycles. The summed E-state index contributed by atoms with van der Waals surface area (Å²) >= 11 is 0. The molecule has 0 aliphatic rings. The average molecular weight is 422 g/mol. The van der Waals surface area contributed by atoms with E-state index in [-0.39, 0.29) is 0 Å². The number of hydrogen-bond donors (Lipinski definition) is 1. The van der Waals surface area contributed by atoms with Crippen LogP contribution in [0.4, 0.5) is 11.4 Å². The van der Waals surface area contributed by atoms with Crippen molar-refractivity contribution in [3.63, 3.8) is 0 Å². The summed E-state index contributed by atoms with van der Waals surface area (Å²) in [7, 11) is 0. The van der Waals surface area contributed by atoms with E-state index in [4.69, 9.17) is 0 Å². The van der Waals surface area contributed by atoms with Gasteiger partial charge in [-0.1, -0.05) is 121 Å². The number of anilines is 2. The molecule has 0 bridgehead atoms. The van der Waals surface area contributed by atoms with E-state index in [9.17, 15) is 0 Å². The summed E-state index contributed by atoms with van der Waals surface area (Å²) in [5.74, 6) is 0. The van der Waals surface area contributed by atoms with Crippen LogP contribution in [-0.2, 0) is 0 Å². The molecule has 6 rings (SSSR count). The fourth-order valence-corrected chi connectivity index (χ4v) is 4.70. The van der Waals surface area contributed by atoms with Crippen molar-refractivity contribution in [1.29, 1.82) is 0 Å². The van der Waals surface area contributed by atoms with Gasteiger partial charge in [-0.05, 0) is 45.2 Å². The molecule has 156 valence electrons. The summed E-state index contributed by atoms with van der Waals surface area (Å²) in [6.45, 7) is 0. The van der Waals surface area contributed by atoms with Gasteiger partial charge in [-0.25, -0.2) is 0 Å². The molecule has 1 heteroatoms. The Morgan fingerprint density at radius 3 is 1.09 bits per heavy atom. The Balaban J connectivity index is 1.48. The van der Waals surface area contributed by atoms with E-state index < -0.39 is 0 Å². The van der Waals surface area contributed by atoms with Gasteiger partial charge in [0.2, 0.25) is 0 Å². The fraction of sp³-hybridized carbons (Fsp3) is 0. The number of benzene rings is 6. The van der Waals surface area contributed by atoms with Gasteiger partial charge in [-0.2, -0.15) is 0 Å². The van der Waals surface area contributed by atoms with Crippen molar-refractivity contribution >= 4 is 32.9 Å². The normalized spacial score (nSPS) is 11.0. The van der Waals surface area contributed by atoms with Crippen molar-refractivity contribution in [2.75, 3.05) is 5.32 Å². The molecule has 6 aromatic rings. The highest BCUT2D eigenvalue weighted by Gasteiger charge is 2.11. The Hall–Kier alpha value is -4.36. The molecular weight excluding hydrogens is 398 g/mol. The van der Waals surface area contributed by atoms with Gasteiger partial charge >= 0.3 is 0 Å². The average Bonchev–Trinajstić information content (AvgIpc) is 2.90. The first-order valence-electron chi connectivity index (χ1n) is 11.3. The minimum atomic E-state index is 1.11. The molecule has 0 unspecified atom stereocenters. The van der Waals surface area contributed by atoms with Gasteiger partial charge in [0.15, 0.2) is 0 Å². The molecule has 0 heterocycles. The summed E-state index contributed by atoms with van der Waals surface area (Å²) in [6.07, 6.45) is 0. The first-order chi connectivity index (χ1) is 16.4. The predicted octanol–water partition coefficient (Wildman–Crippen LogP) is 9.07. The van der Waals surface area contributed by atoms with Crippen LogP contribution in [0.5, 0.6) is 0 Å². The third-order valence-electron chi connectivity index (χ3n) is 6.29. The van der Waals surface area contributed by atoms with Crippen molar-refractivity contribution in [3.05, 3.63) is 133 Å². The number of fused-ring (bicyclic) bond motifs is 2. The highest BCUT2D eigenvalue weighted by atomic mass is 14.9. The predicted molar refractivity (Wildman–Crippen MR) is 142 cm³/mol. The van der Waals surface area contributed by atoms with Crippen molar-refractivity contribution < 1.29 is 0 Å². The Kier molecular flexibility index (Phi) is 4.86. The van der Waals surface area contributed by atoms with Crippen molar-refractivity contribution in [2.45, 2.75) is 0 Å². The van der Waals surface area contributed by atoms with Crippen molar-refractivity contribution in [2.24, 2.45) is 0 Å². The highest BCUT2D eigenvalue weighted by Crippen LogP contribution is 2.38. The maximum atomic E-state index is 3.75. The molecule has 0 fully saturated rings. The molecule has 0 amide bonds. The SMILES string of the molecule is c1ccc(-c2ccc(Nc3ccc(-c4ccccc4)c4ccccc34)c3ccccc23)cc1. The zero-order chi connectivity index (χ0) is 22.0. The van der Waals surface area contributed by atoms with Crippen LogP contribution in [-0.4, -0.2) is 0 Å². The molecule has 0 saturated carbocycles. The molecular formula is C32H23N. The largest absolute Gasteiger partial charge is 0.355 e. The molecule has 33 heavy (non-hydrogen) atoms. The number of hydrogen-bond acceptors (Lipinski definition) is 1. The fourth-order valence-electron chi connectivity index (χ4n) is 4.70. The summed E-state index contributed by atoms with van der Waals surface area (Å²) in [4.78, 5) is 0. The van der Waals surface area contributed by atoms with E-state index in [1.807, 2.05) is 0 Å². The summed E-state index contributed by atoms with van der Waals surface area (Å²) < 4.78 is 0. The lowest BCUT2D eigenvalue weighted by Crippen LogP contribution is -1.95. The topological polar surface area (TPSA) is 12.0 Å². The third kappa shape index (κ3) is 3.54. The van der Waals surface area contributed by atoms with Gasteiger partial charge in [0.05, 0.1) is 0 Å². The quantitative estimate of drug-likeness (QED) is 0.299. The molecule has 6 aromatic carbocycles. The first kappa shape index (κ1) is 19.3. The van der Waals surface area contributed by atoms with Gasteiger partial charge in [-0.15, -0.1) is 0 Å². The Morgan fingerprint density at radius 2 is 0.667 bits per heavy atom. The van der Waals surface area contributed by atoms with E-state index in [1.54, 1.807) is 0 Å². The van der Waals surface area contributed by atoms with Gasteiger partial charge in [0.1, 0.15) is 0 Å². The monoisotopic (exact) mass is 421 g/mol. The van der Waals surface area contributed by atoms with Crippen LogP contribution in [0.15, 0.2) is 133 Å². The Morgan fingerprint density at radius 1 is 0.303 bits per heavy atom. The molecule has 1 N–H and O–H groups in total. The van der Waals surface area contributed by atoms with E-state index in [1.165, 1.54) is 43.8 Å². The Bertz CT molecular complexity index is 1450. The second kappa shape index (κ2) is 8.29. The standard InChI is InChI=1S/C32H23N/c1-3-11-23(12-4-1)25-19-21-31(29-17-9-7-15-27(25)29)33-32-22-20-26(24-13-5-2-6-14-24)28-16-8-10-18-30(28)32/h1-22,33H. The van der Waals surface area contributed by atoms with Crippen LogP contribution in [0.2, 0.25) is 0 Å². The van der Waals surface area contributed by atoms with Gasteiger partial charge in [-0.3, -0.25) is 0 Å². The minimum Gasteiger partial charge on any atom is -0.355 e. The van der Waals surface area contributed by atoms with Crippen LogP contribution >= 0.6 is 0 Å². The maximum Gasteiger partial charge on any atom is 0.0464 e. The minimum absolute atomic E-state index is 1.11. The van der Waals surface area contributed by atoms with E-state index in [0.29, 0.717) is 0 Å².